The summed E-state index contributed by atoms with van der Waals surface area (Å²) in [4.78, 5) is 0. The summed E-state index contributed by atoms with van der Waals surface area (Å²) in [6, 6.07) is 10.7. The summed E-state index contributed by atoms with van der Waals surface area (Å²) in [6.45, 7) is 0. The van der Waals surface area contributed by atoms with Crippen LogP contribution in [0.3, 0.4) is 0 Å². The molecule has 1 aromatic rings. The largest absolute Gasteiger partial charge is 0.302 e. The highest BCUT2D eigenvalue weighted by molar-refractivity contribution is 7.94. The van der Waals surface area contributed by atoms with Crippen molar-refractivity contribution in [2.24, 2.45) is 5.92 Å². The van der Waals surface area contributed by atoms with E-state index < -0.39 is 9.84 Å². The Bertz CT molecular complexity index is 588. The summed E-state index contributed by atoms with van der Waals surface area (Å²) < 4.78 is 23.2. The summed E-state index contributed by atoms with van der Waals surface area (Å²) in [5.41, 5.74) is 1.28. The maximum atomic E-state index is 11.6. The van der Waals surface area contributed by atoms with Crippen LogP contribution in [0.2, 0.25) is 0 Å². The van der Waals surface area contributed by atoms with Gasteiger partial charge in [0.2, 0.25) is 0 Å². The molecule has 1 saturated carbocycles. The van der Waals surface area contributed by atoms with Gasteiger partial charge in [-0.15, -0.1) is 0 Å². The van der Waals surface area contributed by atoms with E-state index in [4.69, 9.17) is 0 Å². The first-order chi connectivity index (χ1) is 10.1. The lowest BCUT2D eigenvalue weighted by Gasteiger charge is -2.33. The lowest BCUT2D eigenvalue weighted by Crippen LogP contribution is -2.38. The second-order valence-corrected chi connectivity index (χ2v) is 8.15. The van der Waals surface area contributed by atoms with Gasteiger partial charge in [-0.05, 0) is 24.3 Å². The smallest absolute Gasteiger partial charge is 0.173 e. The van der Waals surface area contributed by atoms with Gasteiger partial charge in [0, 0.05) is 17.5 Å². The molecule has 2 aliphatic rings. The van der Waals surface area contributed by atoms with Crippen LogP contribution in [0, 0.1) is 5.92 Å². The maximum Gasteiger partial charge on any atom is 0.173 e. The van der Waals surface area contributed by atoms with Crippen molar-refractivity contribution in [2.45, 2.75) is 44.2 Å². The fourth-order valence-electron chi connectivity index (χ4n) is 3.54. The summed E-state index contributed by atoms with van der Waals surface area (Å²) in [6.07, 6.45) is 8.16. The van der Waals surface area contributed by atoms with Crippen LogP contribution in [0.25, 0.3) is 0 Å². The van der Waals surface area contributed by atoms with Gasteiger partial charge in [-0.25, -0.2) is 8.42 Å². The summed E-state index contributed by atoms with van der Waals surface area (Å²) in [7, 11) is -3.00. The molecular formula is C17H23NO2S. The van der Waals surface area contributed by atoms with Gasteiger partial charge in [-0.1, -0.05) is 55.7 Å². The minimum Gasteiger partial charge on any atom is -0.302 e. The molecule has 1 heterocycles. The molecule has 4 heteroatoms. The Morgan fingerprint density at radius 3 is 2.38 bits per heavy atom. The van der Waals surface area contributed by atoms with E-state index in [-0.39, 0.29) is 17.8 Å². The van der Waals surface area contributed by atoms with E-state index in [2.05, 4.69) is 29.6 Å². The zero-order chi connectivity index (χ0) is 14.7. The van der Waals surface area contributed by atoms with E-state index in [0.717, 1.165) is 0 Å². The molecule has 0 radical (unpaired) electrons. The molecule has 0 spiro atoms. The molecule has 3 nitrogen and oxygen atoms in total. The van der Waals surface area contributed by atoms with Gasteiger partial charge in [0.05, 0.1) is 5.75 Å². The van der Waals surface area contributed by atoms with Crippen LogP contribution in [-0.4, -0.2) is 20.2 Å². The van der Waals surface area contributed by atoms with Gasteiger partial charge in [0.1, 0.15) is 0 Å². The zero-order valence-corrected chi connectivity index (χ0v) is 13.1. The molecule has 0 aromatic heterocycles. The van der Waals surface area contributed by atoms with Crippen molar-refractivity contribution in [3.8, 4) is 0 Å². The lowest BCUT2D eigenvalue weighted by molar-refractivity contribution is 0.266. The van der Waals surface area contributed by atoms with Crippen LogP contribution in [-0.2, 0) is 9.84 Å². The van der Waals surface area contributed by atoms with Gasteiger partial charge in [-0.3, -0.25) is 0 Å². The molecule has 1 aromatic carbocycles. The van der Waals surface area contributed by atoms with Crippen LogP contribution in [0.4, 0.5) is 0 Å². The first kappa shape index (κ1) is 14.8. The summed E-state index contributed by atoms with van der Waals surface area (Å²) >= 11 is 0. The Balaban J connectivity index is 1.78. The van der Waals surface area contributed by atoms with Crippen LogP contribution in [0.5, 0.6) is 0 Å². The third kappa shape index (κ3) is 3.74. The SMILES string of the molecule is O=S1(=O)C=CC(NC(c2ccccc2)C2CCCCC2)C1. The van der Waals surface area contributed by atoms with Crippen molar-refractivity contribution in [2.75, 3.05) is 5.75 Å². The number of benzene rings is 1. The molecule has 3 rings (SSSR count). The topological polar surface area (TPSA) is 46.2 Å². The first-order valence-electron chi connectivity index (χ1n) is 7.86. The fourth-order valence-corrected chi connectivity index (χ4v) is 4.79. The molecule has 21 heavy (non-hydrogen) atoms. The van der Waals surface area contributed by atoms with E-state index in [9.17, 15) is 8.42 Å². The van der Waals surface area contributed by atoms with Crippen LogP contribution in [0.1, 0.15) is 43.7 Å². The first-order valence-corrected chi connectivity index (χ1v) is 9.57. The molecule has 0 saturated heterocycles. The molecule has 1 fully saturated rings. The monoisotopic (exact) mass is 305 g/mol. The third-order valence-electron chi connectivity index (χ3n) is 4.60. The van der Waals surface area contributed by atoms with Gasteiger partial charge >= 0.3 is 0 Å². The zero-order valence-electron chi connectivity index (χ0n) is 12.2. The number of hydrogen-bond donors (Lipinski definition) is 1. The van der Waals surface area contributed by atoms with Crippen molar-refractivity contribution in [3.05, 3.63) is 47.4 Å². The predicted octanol–water partition coefficient (Wildman–Crippen LogP) is 3.21. The fraction of sp³-hybridized carbons (Fsp3) is 0.529. The second kappa shape index (κ2) is 6.32. The van der Waals surface area contributed by atoms with Gasteiger partial charge in [0.25, 0.3) is 0 Å². The predicted molar refractivity (Wildman–Crippen MR) is 85.6 cm³/mol. The molecular weight excluding hydrogens is 282 g/mol. The summed E-state index contributed by atoms with van der Waals surface area (Å²) in [5, 5.41) is 4.95. The lowest BCUT2D eigenvalue weighted by atomic mass is 9.81. The van der Waals surface area contributed by atoms with Gasteiger partial charge in [-0.2, -0.15) is 0 Å². The highest BCUT2D eigenvalue weighted by Crippen LogP contribution is 2.35. The minimum absolute atomic E-state index is 0.0536. The van der Waals surface area contributed by atoms with Crippen LogP contribution >= 0.6 is 0 Å². The molecule has 2 unspecified atom stereocenters. The van der Waals surface area contributed by atoms with E-state index in [1.807, 2.05) is 6.07 Å². The van der Waals surface area contributed by atoms with Gasteiger partial charge in [0.15, 0.2) is 9.84 Å². The average molecular weight is 305 g/mol. The molecule has 1 aliphatic heterocycles. The summed E-state index contributed by atoms with van der Waals surface area (Å²) in [5.74, 6) is 0.807. The van der Waals surface area contributed by atoms with Gasteiger partial charge < -0.3 is 5.32 Å². The van der Waals surface area contributed by atoms with E-state index in [0.29, 0.717) is 5.92 Å². The highest BCUT2D eigenvalue weighted by Gasteiger charge is 2.29. The van der Waals surface area contributed by atoms with E-state index in [1.54, 1.807) is 6.08 Å². The van der Waals surface area contributed by atoms with Crippen molar-refractivity contribution in [1.29, 1.82) is 0 Å². The van der Waals surface area contributed by atoms with E-state index >= 15 is 0 Å². The molecule has 114 valence electrons. The third-order valence-corrected chi connectivity index (χ3v) is 6.00. The Morgan fingerprint density at radius 2 is 1.76 bits per heavy atom. The molecule has 0 bridgehead atoms. The average Bonchev–Trinajstić information content (AvgIpc) is 2.86. The second-order valence-electron chi connectivity index (χ2n) is 6.22. The highest BCUT2D eigenvalue weighted by atomic mass is 32.2. The molecule has 0 amide bonds. The quantitative estimate of drug-likeness (QED) is 0.929. The number of rotatable bonds is 4. The Morgan fingerprint density at radius 1 is 1.05 bits per heavy atom. The molecule has 1 N–H and O–H groups in total. The normalized spacial score (nSPS) is 26.8. The Labute approximate surface area is 127 Å². The van der Waals surface area contributed by atoms with Crippen molar-refractivity contribution < 1.29 is 8.42 Å². The van der Waals surface area contributed by atoms with Crippen LogP contribution in [0.15, 0.2) is 41.8 Å². The Kier molecular flexibility index (Phi) is 4.45. The molecule has 1 aliphatic carbocycles. The van der Waals surface area contributed by atoms with Crippen LogP contribution < -0.4 is 5.32 Å². The minimum atomic E-state index is -3.00. The van der Waals surface area contributed by atoms with Crippen molar-refractivity contribution in [3.63, 3.8) is 0 Å². The standard InChI is InChI=1S/C17H23NO2S/c19-21(20)12-11-16(13-21)18-17(14-7-3-1-4-8-14)15-9-5-2-6-10-15/h1,3-4,7-8,11-12,15-18H,2,5-6,9-10,13H2. The van der Waals surface area contributed by atoms with Crippen molar-refractivity contribution >= 4 is 9.84 Å². The number of nitrogens with one attached hydrogen (secondary N) is 1. The molecule has 2 atom stereocenters. The number of sulfone groups is 1. The van der Waals surface area contributed by atoms with Crippen molar-refractivity contribution in [1.82, 2.24) is 5.32 Å². The van der Waals surface area contributed by atoms with E-state index in [1.165, 1.54) is 43.1 Å². The number of hydrogen-bond acceptors (Lipinski definition) is 3. The Hall–Kier alpha value is -1.13. The maximum absolute atomic E-state index is 11.6.